The van der Waals surface area contributed by atoms with E-state index in [4.69, 9.17) is 4.74 Å². The lowest BCUT2D eigenvalue weighted by Crippen LogP contribution is -2.27. The molecule has 2 aromatic carbocycles. The summed E-state index contributed by atoms with van der Waals surface area (Å²) in [4.78, 5) is 15.7. The Morgan fingerprint density at radius 3 is 2.67 bits per heavy atom. The number of carbonyl (C=O) groups excluding carboxylic acids is 1. The highest BCUT2D eigenvalue weighted by Crippen LogP contribution is 2.23. The molecule has 3 rings (SSSR count). The molecule has 4 nitrogen and oxygen atoms in total. The summed E-state index contributed by atoms with van der Waals surface area (Å²) in [5.41, 5.74) is 4.94. The molecule has 0 aliphatic heterocycles. The van der Waals surface area contributed by atoms with Gasteiger partial charge >= 0.3 is 0 Å². The highest BCUT2D eigenvalue weighted by molar-refractivity contribution is 5.98. The van der Waals surface area contributed by atoms with Crippen molar-refractivity contribution < 1.29 is 9.53 Å². The monoisotopic (exact) mass is 322 g/mol. The van der Waals surface area contributed by atoms with E-state index < -0.39 is 0 Å². The van der Waals surface area contributed by atoms with Crippen molar-refractivity contribution in [3.63, 3.8) is 0 Å². The van der Waals surface area contributed by atoms with Crippen molar-refractivity contribution in [2.75, 3.05) is 7.11 Å². The summed E-state index contributed by atoms with van der Waals surface area (Å²) in [6.07, 6.45) is 0. The van der Waals surface area contributed by atoms with Crippen LogP contribution >= 0.6 is 0 Å². The third-order valence-corrected chi connectivity index (χ3v) is 4.32. The number of nitrogens with one attached hydrogen (secondary N) is 2. The topological polar surface area (TPSA) is 54.1 Å². The molecule has 0 aliphatic carbocycles. The maximum Gasteiger partial charge on any atom is 0.268 e. The minimum Gasteiger partial charge on any atom is -0.497 e. The molecule has 4 heteroatoms. The maximum absolute atomic E-state index is 12.6. The molecule has 0 radical (unpaired) electrons. The Balaban J connectivity index is 1.82. The first-order valence-corrected chi connectivity index (χ1v) is 8.02. The van der Waals surface area contributed by atoms with Crippen molar-refractivity contribution in [2.45, 2.75) is 26.8 Å². The first kappa shape index (κ1) is 16.1. The van der Waals surface area contributed by atoms with Gasteiger partial charge in [-0.3, -0.25) is 4.79 Å². The third kappa shape index (κ3) is 3.13. The van der Waals surface area contributed by atoms with Crippen LogP contribution < -0.4 is 10.1 Å². The Labute approximate surface area is 141 Å². The van der Waals surface area contributed by atoms with Crippen LogP contribution in [0.5, 0.6) is 5.75 Å². The van der Waals surface area contributed by atoms with E-state index in [-0.39, 0.29) is 11.9 Å². The number of H-pyrrole nitrogens is 1. The Hall–Kier alpha value is -2.75. The smallest absolute Gasteiger partial charge is 0.268 e. The minimum absolute atomic E-state index is 0.0571. The van der Waals surface area contributed by atoms with Gasteiger partial charge in [-0.2, -0.15) is 0 Å². The van der Waals surface area contributed by atoms with Crippen LogP contribution in [0.25, 0.3) is 10.9 Å². The van der Waals surface area contributed by atoms with Crippen molar-refractivity contribution in [2.24, 2.45) is 0 Å². The van der Waals surface area contributed by atoms with E-state index in [0.29, 0.717) is 5.69 Å². The number of hydrogen-bond acceptors (Lipinski definition) is 2. The molecule has 124 valence electrons. The zero-order valence-electron chi connectivity index (χ0n) is 14.4. The van der Waals surface area contributed by atoms with Crippen molar-refractivity contribution >= 4 is 16.8 Å². The van der Waals surface area contributed by atoms with E-state index in [1.807, 2.05) is 31.2 Å². The number of benzene rings is 2. The molecule has 1 heterocycles. The van der Waals surface area contributed by atoms with Gasteiger partial charge in [-0.05, 0) is 50.1 Å². The average Bonchev–Trinajstić information content (AvgIpc) is 3.00. The zero-order valence-corrected chi connectivity index (χ0v) is 14.4. The number of ether oxygens (including phenoxy) is 1. The predicted molar refractivity (Wildman–Crippen MR) is 96.6 cm³/mol. The summed E-state index contributed by atoms with van der Waals surface area (Å²) in [5.74, 6) is 0.652. The van der Waals surface area contributed by atoms with E-state index in [2.05, 4.69) is 42.3 Å². The molecular formula is C20H22N2O2. The molecule has 0 fully saturated rings. The van der Waals surface area contributed by atoms with Crippen LogP contribution in [0.1, 0.15) is 40.1 Å². The quantitative estimate of drug-likeness (QED) is 0.753. The number of fused-ring (bicyclic) bond motifs is 1. The van der Waals surface area contributed by atoms with Gasteiger partial charge < -0.3 is 15.0 Å². The van der Waals surface area contributed by atoms with E-state index >= 15 is 0 Å². The number of carbonyl (C=O) groups is 1. The van der Waals surface area contributed by atoms with Crippen LogP contribution in [-0.2, 0) is 0 Å². The standard InChI is InChI=1S/C20H22N2O2/c1-12-5-6-13(2)17(9-12)14(3)21-20(23)19-10-15-7-8-16(24-4)11-18(15)22-19/h5-11,14,22H,1-4H3,(H,21,23). The lowest BCUT2D eigenvalue weighted by atomic mass is 10.00. The van der Waals surface area contributed by atoms with Gasteiger partial charge in [0.25, 0.3) is 5.91 Å². The minimum atomic E-state index is -0.112. The predicted octanol–water partition coefficient (Wildman–Crippen LogP) is 4.28. The normalized spacial score (nSPS) is 12.2. The van der Waals surface area contributed by atoms with Crippen LogP contribution in [0, 0.1) is 13.8 Å². The molecule has 0 bridgehead atoms. The van der Waals surface area contributed by atoms with Gasteiger partial charge in [0.1, 0.15) is 11.4 Å². The maximum atomic E-state index is 12.6. The van der Waals surface area contributed by atoms with Crippen LogP contribution in [0.15, 0.2) is 42.5 Å². The molecule has 1 amide bonds. The molecule has 24 heavy (non-hydrogen) atoms. The third-order valence-electron chi connectivity index (χ3n) is 4.32. The van der Waals surface area contributed by atoms with Crippen LogP contribution in [-0.4, -0.2) is 18.0 Å². The summed E-state index contributed by atoms with van der Waals surface area (Å²) in [7, 11) is 1.63. The molecule has 0 saturated heterocycles. The van der Waals surface area contributed by atoms with Crippen molar-refractivity contribution in [1.29, 1.82) is 0 Å². The molecule has 0 spiro atoms. The number of aromatic amines is 1. The summed E-state index contributed by atoms with van der Waals surface area (Å²) < 4.78 is 5.22. The Morgan fingerprint density at radius 2 is 1.92 bits per heavy atom. The summed E-state index contributed by atoms with van der Waals surface area (Å²) in [6.45, 7) is 6.13. The van der Waals surface area contributed by atoms with Gasteiger partial charge in [0.2, 0.25) is 0 Å². The number of rotatable bonds is 4. The fraction of sp³-hybridized carbons (Fsp3) is 0.250. The molecule has 0 saturated carbocycles. The molecule has 1 aromatic heterocycles. The molecule has 0 aliphatic rings. The lowest BCUT2D eigenvalue weighted by Gasteiger charge is -2.17. The Morgan fingerprint density at radius 1 is 1.12 bits per heavy atom. The first-order chi connectivity index (χ1) is 11.5. The number of aryl methyl sites for hydroxylation is 2. The highest BCUT2D eigenvalue weighted by atomic mass is 16.5. The van der Waals surface area contributed by atoms with Gasteiger partial charge in [-0.25, -0.2) is 0 Å². The van der Waals surface area contributed by atoms with Gasteiger partial charge in [-0.15, -0.1) is 0 Å². The largest absolute Gasteiger partial charge is 0.497 e. The SMILES string of the molecule is COc1ccc2cc(C(=O)NC(C)c3cc(C)ccc3C)[nH]c2c1. The summed E-state index contributed by atoms with van der Waals surface area (Å²) in [5, 5.41) is 4.06. The lowest BCUT2D eigenvalue weighted by molar-refractivity contribution is 0.0935. The van der Waals surface area contributed by atoms with Crippen molar-refractivity contribution in [1.82, 2.24) is 10.3 Å². The fourth-order valence-electron chi connectivity index (χ4n) is 2.93. The van der Waals surface area contributed by atoms with E-state index in [9.17, 15) is 4.79 Å². The highest BCUT2D eigenvalue weighted by Gasteiger charge is 2.15. The number of amides is 1. The zero-order chi connectivity index (χ0) is 17.3. The van der Waals surface area contributed by atoms with Gasteiger partial charge in [0.05, 0.1) is 13.2 Å². The second-order valence-corrected chi connectivity index (χ2v) is 6.19. The molecule has 3 aromatic rings. The van der Waals surface area contributed by atoms with Gasteiger partial charge in [0, 0.05) is 17.0 Å². The van der Waals surface area contributed by atoms with Crippen LogP contribution in [0.3, 0.4) is 0 Å². The second kappa shape index (κ2) is 6.40. The van der Waals surface area contributed by atoms with Gasteiger partial charge in [0.15, 0.2) is 0 Å². The Bertz CT molecular complexity index is 896. The number of aromatic nitrogens is 1. The molecule has 2 N–H and O–H groups in total. The first-order valence-electron chi connectivity index (χ1n) is 8.02. The summed E-state index contributed by atoms with van der Waals surface area (Å²) in [6, 6.07) is 13.8. The molecule has 1 atom stereocenters. The molecule has 1 unspecified atom stereocenters. The van der Waals surface area contributed by atoms with E-state index in [1.54, 1.807) is 7.11 Å². The summed E-state index contributed by atoms with van der Waals surface area (Å²) >= 11 is 0. The fourth-order valence-corrected chi connectivity index (χ4v) is 2.93. The number of methoxy groups -OCH3 is 1. The van der Waals surface area contributed by atoms with E-state index in [1.165, 1.54) is 11.1 Å². The molecular weight excluding hydrogens is 300 g/mol. The number of hydrogen-bond donors (Lipinski definition) is 2. The van der Waals surface area contributed by atoms with E-state index in [0.717, 1.165) is 22.2 Å². The van der Waals surface area contributed by atoms with Crippen molar-refractivity contribution in [3.05, 3.63) is 64.8 Å². The van der Waals surface area contributed by atoms with Crippen LogP contribution in [0.2, 0.25) is 0 Å². The average molecular weight is 322 g/mol. The second-order valence-electron chi connectivity index (χ2n) is 6.19. The van der Waals surface area contributed by atoms with Crippen LogP contribution in [0.4, 0.5) is 0 Å². The van der Waals surface area contributed by atoms with Crippen molar-refractivity contribution in [3.8, 4) is 5.75 Å². The van der Waals surface area contributed by atoms with Gasteiger partial charge in [-0.1, -0.05) is 23.8 Å². The Kier molecular flexibility index (Phi) is 4.30.